The Morgan fingerprint density at radius 2 is 2.56 bits per heavy atom. The first-order chi connectivity index (χ1) is 4.33. The van der Waals surface area contributed by atoms with E-state index in [-0.39, 0.29) is 0 Å². The Labute approximate surface area is 63.7 Å². The number of aryl methyl sites for hydroxylation is 2. The number of halogens is 1. The lowest BCUT2D eigenvalue weighted by Crippen LogP contribution is -1.83. The summed E-state index contributed by atoms with van der Waals surface area (Å²) in [5.74, 6) is 0.674. The Hall–Kier alpha value is -0.0800. The van der Waals surface area contributed by atoms with Crippen molar-refractivity contribution in [2.75, 3.05) is 5.88 Å². The third kappa shape index (κ3) is 1.95. The van der Waals surface area contributed by atoms with E-state index in [1.807, 2.05) is 12.3 Å². The standard InChI is InChI=1S/C6H8ClNS/c1-5-4-9-6(8-5)2-3-7/h4H,2-3H2,1H3. The lowest BCUT2D eigenvalue weighted by molar-refractivity contribution is 1.07. The molecule has 0 amide bonds. The average molecular weight is 162 g/mol. The van der Waals surface area contributed by atoms with Gasteiger partial charge in [0.05, 0.1) is 5.01 Å². The number of thiazole rings is 1. The number of hydrogen-bond acceptors (Lipinski definition) is 2. The van der Waals surface area contributed by atoms with Crippen LogP contribution in [-0.2, 0) is 6.42 Å². The van der Waals surface area contributed by atoms with Crippen LogP contribution in [-0.4, -0.2) is 10.9 Å². The van der Waals surface area contributed by atoms with Crippen molar-refractivity contribution in [1.29, 1.82) is 0 Å². The predicted molar refractivity (Wildman–Crippen MR) is 41.3 cm³/mol. The zero-order valence-corrected chi connectivity index (χ0v) is 6.80. The Morgan fingerprint density at radius 1 is 1.78 bits per heavy atom. The SMILES string of the molecule is Cc1csc(CCCl)n1. The van der Waals surface area contributed by atoms with Crippen LogP contribution >= 0.6 is 22.9 Å². The molecule has 0 bridgehead atoms. The fraction of sp³-hybridized carbons (Fsp3) is 0.500. The molecule has 3 heteroatoms. The third-order valence-electron chi connectivity index (χ3n) is 0.975. The van der Waals surface area contributed by atoms with E-state index in [4.69, 9.17) is 11.6 Å². The van der Waals surface area contributed by atoms with Crippen LogP contribution in [0.15, 0.2) is 5.38 Å². The van der Waals surface area contributed by atoms with Crippen molar-refractivity contribution in [1.82, 2.24) is 4.98 Å². The molecule has 1 heterocycles. The van der Waals surface area contributed by atoms with Gasteiger partial charge in [0.2, 0.25) is 0 Å². The van der Waals surface area contributed by atoms with Gasteiger partial charge in [0.25, 0.3) is 0 Å². The minimum Gasteiger partial charge on any atom is -0.247 e. The van der Waals surface area contributed by atoms with Gasteiger partial charge >= 0.3 is 0 Å². The molecule has 1 aromatic rings. The van der Waals surface area contributed by atoms with Crippen LogP contribution in [0.3, 0.4) is 0 Å². The summed E-state index contributed by atoms with van der Waals surface area (Å²) >= 11 is 7.19. The minimum atomic E-state index is 0.674. The molecular weight excluding hydrogens is 154 g/mol. The molecular formula is C6H8ClNS. The van der Waals surface area contributed by atoms with Gasteiger partial charge in [-0.2, -0.15) is 0 Å². The Morgan fingerprint density at radius 3 is 3.00 bits per heavy atom. The molecule has 0 atom stereocenters. The second-order valence-electron chi connectivity index (χ2n) is 1.82. The molecule has 50 valence electrons. The number of rotatable bonds is 2. The van der Waals surface area contributed by atoms with E-state index in [0.717, 1.165) is 17.1 Å². The summed E-state index contributed by atoms with van der Waals surface area (Å²) in [5, 5.41) is 3.18. The monoisotopic (exact) mass is 161 g/mol. The molecule has 0 fully saturated rings. The van der Waals surface area contributed by atoms with Gasteiger partial charge in [0.1, 0.15) is 0 Å². The molecule has 0 N–H and O–H groups in total. The maximum Gasteiger partial charge on any atom is 0.0939 e. The van der Waals surface area contributed by atoms with E-state index in [2.05, 4.69) is 4.98 Å². The second-order valence-corrected chi connectivity index (χ2v) is 3.14. The molecule has 0 saturated carbocycles. The molecule has 0 aliphatic carbocycles. The van der Waals surface area contributed by atoms with Gasteiger partial charge < -0.3 is 0 Å². The normalized spacial score (nSPS) is 10.0. The molecule has 1 rings (SSSR count). The minimum absolute atomic E-state index is 0.674. The Balaban J connectivity index is 2.61. The maximum absolute atomic E-state index is 5.51. The van der Waals surface area contributed by atoms with Crippen LogP contribution in [0.2, 0.25) is 0 Å². The molecule has 0 radical (unpaired) electrons. The summed E-state index contributed by atoms with van der Waals surface area (Å²) in [5.41, 5.74) is 1.10. The fourth-order valence-electron chi connectivity index (χ4n) is 0.598. The summed E-state index contributed by atoms with van der Waals surface area (Å²) < 4.78 is 0. The Kier molecular flexibility index (Phi) is 2.49. The zero-order chi connectivity index (χ0) is 6.69. The van der Waals surface area contributed by atoms with Gasteiger partial charge in [-0.05, 0) is 6.92 Å². The van der Waals surface area contributed by atoms with Gasteiger partial charge in [0, 0.05) is 23.4 Å². The largest absolute Gasteiger partial charge is 0.247 e. The first kappa shape index (κ1) is 7.03. The summed E-state index contributed by atoms with van der Waals surface area (Å²) in [7, 11) is 0. The Bertz CT molecular complexity index is 185. The van der Waals surface area contributed by atoms with Crippen molar-refractivity contribution in [3.8, 4) is 0 Å². The van der Waals surface area contributed by atoms with Crippen molar-refractivity contribution in [3.63, 3.8) is 0 Å². The van der Waals surface area contributed by atoms with E-state index >= 15 is 0 Å². The van der Waals surface area contributed by atoms with Gasteiger partial charge in [-0.3, -0.25) is 0 Å². The molecule has 1 nitrogen and oxygen atoms in total. The highest BCUT2D eigenvalue weighted by molar-refractivity contribution is 7.09. The van der Waals surface area contributed by atoms with Gasteiger partial charge in [-0.1, -0.05) is 0 Å². The van der Waals surface area contributed by atoms with Crippen molar-refractivity contribution >= 4 is 22.9 Å². The smallest absolute Gasteiger partial charge is 0.0939 e. The van der Waals surface area contributed by atoms with E-state index in [1.54, 1.807) is 11.3 Å². The molecule has 0 unspecified atom stereocenters. The quantitative estimate of drug-likeness (QED) is 0.607. The maximum atomic E-state index is 5.51. The van der Waals surface area contributed by atoms with Crippen LogP contribution in [0.1, 0.15) is 10.7 Å². The fourth-order valence-corrected chi connectivity index (χ4v) is 1.67. The summed E-state index contributed by atoms with van der Waals surface area (Å²) in [6, 6.07) is 0. The molecule has 1 aromatic heterocycles. The van der Waals surface area contributed by atoms with Crippen molar-refractivity contribution < 1.29 is 0 Å². The predicted octanol–water partition coefficient (Wildman–Crippen LogP) is 2.23. The lowest BCUT2D eigenvalue weighted by atomic mass is 10.5. The highest BCUT2D eigenvalue weighted by Crippen LogP contribution is 2.09. The van der Waals surface area contributed by atoms with Crippen LogP contribution < -0.4 is 0 Å². The van der Waals surface area contributed by atoms with E-state index in [9.17, 15) is 0 Å². The summed E-state index contributed by atoms with van der Waals surface area (Å²) in [4.78, 5) is 4.23. The summed E-state index contributed by atoms with van der Waals surface area (Å²) in [6.07, 6.45) is 0.903. The second kappa shape index (κ2) is 3.18. The lowest BCUT2D eigenvalue weighted by Gasteiger charge is -1.84. The molecule has 0 aliphatic rings. The molecule has 0 aliphatic heterocycles. The van der Waals surface area contributed by atoms with Crippen molar-refractivity contribution in [2.45, 2.75) is 13.3 Å². The van der Waals surface area contributed by atoms with Crippen molar-refractivity contribution in [3.05, 3.63) is 16.1 Å². The number of nitrogens with zero attached hydrogens (tertiary/aromatic N) is 1. The van der Waals surface area contributed by atoms with Gasteiger partial charge in [-0.15, -0.1) is 22.9 Å². The zero-order valence-electron chi connectivity index (χ0n) is 5.22. The van der Waals surface area contributed by atoms with Crippen LogP contribution in [0, 0.1) is 6.92 Å². The van der Waals surface area contributed by atoms with Crippen molar-refractivity contribution in [2.24, 2.45) is 0 Å². The van der Waals surface area contributed by atoms with Gasteiger partial charge in [-0.25, -0.2) is 4.98 Å². The first-order valence-corrected chi connectivity index (χ1v) is 4.21. The summed E-state index contributed by atoms with van der Waals surface area (Å²) in [6.45, 7) is 1.99. The molecule has 0 aromatic carbocycles. The van der Waals surface area contributed by atoms with Crippen LogP contribution in [0.25, 0.3) is 0 Å². The van der Waals surface area contributed by atoms with Crippen LogP contribution in [0.5, 0.6) is 0 Å². The molecule has 0 saturated heterocycles. The topological polar surface area (TPSA) is 12.9 Å². The van der Waals surface area contributed by atoms with E-state index in [0.29, 0.717) is 5.88 Å². The third-order valence-corrected chi connectivity index (χ3v) is 2.19. The van der Waals surface area contributed by atoms with E-state index < -0.39 is 0 Å². The van der Waals surface area contributed by atoms with Crippen LogP contribution in [0.4, 0.5) is 0 Å². The van der Waals surface area contributed by atoms with E-state index in [1.165, 1.54) is 0 Å². The average Bonchev–Trinajstić information content (AvgIpc) is 2.17. The first-order valence-electron chi connectivity index (χ1n) is 2.80. The highest BCUT2D eigenvalue weighted by Gasteiger charge is 1.94. The van der Waals surface area contributed by atoms with Gasteiger partial charge in [0.15, 0.2) is 0 Å². The molecule has 0 spiro atoms. The number of alkyl halides is 1. The number of aromatic nitrogens is 1. The highest BCUT2D eigenvalue weighted by atomic mass is 35.5. The molecule has 9 heavy (non-hydrogen) atoms. The number of hydrogen-bond donors (Lipinski definition) is 0.